The van der Waals surface area contributed by atoms with Gasteiger partial charge >= 0.3 is 17.8 Å². The van der Waals surface area contributed by atoms with E-state index in [1.54, 1.807) is 0 Å². The Labute approximate surface area is 98.7 Å². The van der Waals surface area contributed by atoms with E-state index < -0.39 is 11.9 Å². The Hall–Kier alpha value is -1.28. The lowest BCUT2D eigenvalue weighted by atomic mass is 10.1. The minimum Gasteiger partial charge on any atom is -0.312 e. The van der Waals surface area contributed by atoms with Crippen molar-refractivity contribution in [3.63, 3.8) is 0 Å². The zero-order valence-corrected chi connectivity index (χ0v) is 10.2. The third kappa shape index (κ3) is 5.05. The van der Waals surface area contributed by atoms with E-state index in [9.17, 15) is 13.2 Å². The Balaban J connectivity index is 2.58. The molecule has 1 N–H and O–H groups in total. The number of alkyl halides is 3. The molecule has 5 heteroatoms. The first-order valence-electron chi connectivity index (χ1n) is 5.38. The molecule has 1 aliphatic rings. The molecule has 0 bridgehead atoms. The second-order valence-corrected chi connectivity index (χ2v) is 4.91. The van der Waals surface area contributed by atoms with Crippen LogP contribution in [0.2, 0.25) is 0 Å². The number of hydrogen-bond acceptors (Lipinski definition) is 1. The SMILES string of the molecule is CC(C)(C)NCCC1=CC(C(F)(F)F)=[N+]=C=C1. The van der Waals surface area contributed by atoms with Gasteiger partial charge in [0.2, 0.25) is 0 Å². The predicted octanol–water partition coefficient (Wildman–Crippen LogP) is 2.00. The van der Waals surface area contributed by atoms with E-state index in [0.717, 1.165) is 6.08 Å². The summed E-state index contributed by atoms with van der Waals surface area (Å²) in [5.74, 6) is 2.29. The van der Waals surface area contributed by atoms with Gasteiger partial charge in [-0.3, -0.25) is 0 Å². The summed E-state index contributed by atoms with van der Waals surface area (Å²) in [5, 5.41) is 3.21. The summed E-state index contributed by atoms with van der Waals surface area (Å²) in [5.41, 5.74) is -0.335. The Morgan fingerprint density at radius 3 is 2.47 bits per heavy atom. The number of hydrogen-bond donors (Lipinski definition) is 1. The van der Waals surface area contributed by atoms with Gasteiger partial charge in [-0.15, -0.1) is 0 Å². The first-order valence-corrected chi connectivity index (χ1v) is 5.38. The summed E-state index contributed by atoms with van der Waals surface area (Å²) in [6.07, 6.45) is -1.32. The number of halogens is 3. The molecule has 0 aromatic rings. The van der Waals surface area contributed by atoms with Crippen LogP contribution in [0.25, 0.3) is 0 Å². The Kier molecular flexibility index (Phi) is 3.99. The van der Waals surface area contributed by atoms with E-state index in [1.807, 2.05) is 20.8 Å². The van der Waals surface area contributed by atoms with E-state index in [2.05, 4.69) is 15.9 Å². The van der Waals surface area contributed by atoms with Crippen molar-refractivity contribution in [3.05, 3.63) is 17.7 Å². The fourth-order valence-corrected chi connectivity index (χ4v) is 1.31. The van der Waals surface area contributed by atoms with Crippen LogP contribution in [0.3, 0.4) is 0 Å². The third-order valence-corrected chi connectivity index (χ3v) is 2.12. The van der Waals surface area contributed by atoms with Crippen molar-refractivity contribution < 1.29 is 13.2 Å². The minimum atomic E-state index is -4.40. The van der Waals surface area contributed by atoms with Crippen LogP contribution in [-0.4, -0.2) is 29.8 Å². The van der Waals surface area contributed by atoms with Crippen LogP contribution in [0.1, 0.15) is 27.2 Å². The van der Waals surface area contributed by atoms with E-state index in [-0.39, 0.29) is 5.54 Å². The van der Waals surface area contributed by atoms with Gasteiger partial charge in [-0.25, -0.2) is 0 Å². The Bertz CT molecular complexity index is 412. The second-order valence-electron chi connectivity index (χ2n) is 4.91. The summed E-state index contributed by atoms with van der Waals surface area (Å²) in [6, 6.07) is 0. The van der Waals surface area contributed by atoms with Gasteiger partial charge in [0.15, 0.2) is 0 Å². The molecule has 0 atom stereocenters. The highest BCUT2D eigenvalue weighted by Gasteiger charge is 2.44. The van der Waals surface area contributed by atoms with Crippen LogP contribution in [-0.2, 0) is 0 Å². The van der Waals surface area contributed by atoms with Crippen LogP contribution < -0.4 is 9.98 Å². The second kappa shape index (κ2) is 4.92. The number of nitrogens with one attached hydrogen (secondary N) is 1. The van der Waals surface area contributed by atoms with Crippen molar-refractivity contribution in [1.29, 1.82) is 0 Å². The van der Waals surface area contributed by atoms with Crippen LogP contribution in [0.4, 0.5) is 13.2 Å². The first-order chi connectivity index (χ1) is 7.68. The average Bonchev–Trinajstić information content (AvgIpc) is 2.15. The summed E-state index contributed by atoms with van der Waals surface area (Å²) in [7, 11) is 0. The number of nitrogens with zero attached hydrogens (tertiary/aromatic N) is 1. The summed E-state index contributed by atoms with van der Waals surface area (Å²) >= 11 is 0. The molecule has 1 rings (SSSR count). The van der Waals surface area contributed by atoms with Crippen molar-refractivity contribution in [1.82, 2.24) is 9.98 Å². The number of allylic oxidation sites excluding steroid dienone is 2. The van der Waals surface area contributed by atoms with Gasteiger partial charge in [-0.05, 0) is 44.0 Å². The van der Waals surface area contributed by atoms with Crippen molar-refractivity contribution in [2.75, 3.05) is 6.54 Å². The fraction of sp³-hybridized carbons (Fsp3) is 0.583. The largest absolute Gasteiger partial charge is 0.496 e. The van der Waals surface area contributed by atoms with Gasteiger partial charge in [-0.2, -0.15) is 13.2 Å². The molecule has 1 heterocycles. The Morgan fingerprint density at radius 2 is 1.94 bits per heavy atom. The lowest BCUT2D eigenvalue weighted by Gasteiger charge is -2.20. The molecule has 0 saturated carbocycles. The molecular weight excluding hydrogens is 229 g/mol. The molecular formula is C12H16F3N2+. The fourth-order valence-electron chi connectivity index (χ4n) is 1.31. The molecule has 2 nitrogen and oxygen atoms in total. The molecule has 0 aromatic carbocycles. The molecule has 0 aliphatic carbocycles. The van der Waals surface area contributed by atoms with Crippen molar-refractivity contribution >= 4 is 11.6 Å². The van der Waals surface area contributed by atoms with E-state index in [4.69, 9.17) is 0 Å². The molecule has 17 heavy (non-hydrogen) atoms. The maximum atomic E-state index is 12.4. The quantitative estimate of drug-likeness (QED) is 0.756. The van der Waals surface area contributed by atoms with Crippen LogP contribution in [0.15, 0.2) is 17.7 Å². The van der Waals surface area contributed by atoms with Gasteiger partial charge in [-0.1, -0.05) is 0 Å². The highest BCUT2D eigenvalue weighted by Crippen LogP contribution is 2.18. The van der Waals surface area contributed by atoms with E-state index in [1.165, 1.54) is 6.08 Å². The van der Waals surface area contributed by atoms with Gasteiger partial charge in [0.1, 0.15) is 0 Å². The van der Waals surface area contributed by atoms with Crippen LogP contribution in [0.5, 0.6) is 0 Å². The lowest BCUT2D eigenvalue weighted by molar-refractivity contribution is -0.0579. The predicted molar refractivity (Wildman–Crippen MR) is 63.2 cm³/mol. The minimum absolute atomic E-state index is 0.0381. The maximum absolute atomic E-state index is 12.4. The van der Waals surface area contributed by atoms with Crippen molar-refractivity contribution in [3.8, 4) is 0 Å². The van der Waals surface area contributed by atoms with Gasteiger partial charge in [0.05, 0.1) is 6.08 Å². The highest BCUT2D eigenvalue weighted by atomic mass is 19.4. The zero-order chi connectivity index (χ0) is 13.1. The summed E-state index contributed by atoms with van der Waals surface area (Å²) in [4.78, 5) is 0. The molecule has 94 valence electrons. The molecule has 0 aromatic heterocycles. The summed E-state index contributed by atoms with van der Waals surface area (Å²) < 4.78 is 40.3. The van der Waals surface area contributed by atoms with Crippen LogP contribution >= 0.6 is 0 Å². The number of rotatable bonds is 3. The van der Waals surface area contributed by atoms with Gasteiger partial charge in [0, 0.05) is 11.6 Å². The zero-order valence-electron chi connectivity index (χ0n) is 10.2. The molecule has 0 amide bonds. The molecule has 0 saturated heterocycles. The van der Waals surface area contributed by atoms with E-state index in [0.29, 0.717) is 18.5 Å². The van der Waals surface area contributed by atoms with E-state index >= 15 is 0 Å². The highest BCUT2D eigenvalue weighted by molar-refractivity contribution is 6.02. The molecule has 0 unspecified atom stereocenters. The topological polar surface area (TPSA) is 26.1 Å². The molecule has 0 spiro atoms. The average molecular weight is 245 g/mol. The Morgan fingerprint density at radius 1 is 1.29 bits per heavy atom. The standard InChI is InChI=1S/C12H16F3N2/c1-11(2,3)17-7-5-9-4-6-16-10(8-9)12(13,14)15/h4,8,17H,5,7H2,1-3H3/q+1. The van der Waals surface area contributed by atoms with Gasteiger partial charge < -0.3 is 5.32 Å². The third-order valence-electron chi connectivity index (χ3n) is 2.12. The summed E-state index contributed by atoms with van der Waals surface area (Å²) in [6.45, 7) is 6.64. The van der Waals surface area contributed by atoms with Crippen LogP contribution in [0, 0.1) is 0 Å². The molecule has 0 radical (unpaired) electrons. The first kappa shape index (κ1) is 13.8. The molecule has 0 fully saturated rings. The molecule has 1 aliphatic heterocycles. The lowest BCUT2D eigenvalue weighted by Crippen LogP contribution is -2.36. The van der Waals surface area contributed by atoms with Crippen molar-refractivity contribution in [2.24, 2.45) is 0 Å². The maximum Gasteiger partial charge on any atom is 0.496 e. The van der Waals surface area contributed by atoms with Gasteiger partial charge in [0.25, 0.3) is 0 Å². The smallest absolute Gasteiger partial charge is 0.312 e. The monoisotopic (exact) mass is 245 g/mol. The normalized spacial score (nSPS) is 15.9. The van der Waals surface area contributed by atoms with Crippen molar-refractivity contribution in [2.45, 2.75) is 38.9 Å².